The lowest BCUT2D eigenvalue weighted by Gasteiger charge is -2.25. The SMILES string of the molecule is CCCCCCc1ccc(CCC2CCc3cc(F)c(F)cc3C2)c(F)c1. The maximum absolute atomic E-state index is 14.4. The highest BCUT2D eigenvalue weighted by atomic mass is 19.2. The third-order valence-electron chi connectivity index (χ3n) is 5.83. The van der Waals surface area contributed by atoms with Crippen LogP contribution in [0.25, 0.3) is 0 Å². The van der Waals surface area contributed by atoms with Crippen molar-refractivity contribution in [2.45, 2.75) is 71.1 Å². The van der Waals surface area contributed by atoms with Crippen molar-refractivity contribution in [3.05, 3.63) is 70.0 Å². The van der Waals surface area contributed by atoms with Gasteiger partial charge in [-0.15, -0.1) is 0 Å². The fourth-order valence-electron chi connectivity index (χ4n) is 4.14. The van der Waals surface area contributed by atoms with E-state index in [-0.39, 0.29) is 5.82 Å². The van der Waals surface area contributed by atoms with E-state index in [0.717, 1.165) is 60.8 Å². The van der Waals surface area contributed by atoms with Crippen LogP contribution in [0, 0.1) is 23.4 Å². The highest BCUT2D eigenvalue weighted by molar-refractivity contribution is 5.31. The molecule has 0 aromatic heterocycles. The van der Waals surface area contributed by atoms with E-state index in [2.05, 4.69) is 13.0 Å². The van der Waals surface area contributed by atoms with Gasteiger partial charge >= 0.3 is 0 Å². The molecule has 1 aliphatic rings. The maximum atomic E-state index is 14.4. The Morgan fingerprint density at radius 3 is 2.37 bits per heavy atom. The molecule has 3 rings (SSSR count). The fourth-order valence-corrected chi connectivity index (χ4v) is 4.14. The minimum Gasteiger partial charge on any atom is -0.207 e. The summed E-state index contributed by atoms with van der Waals surface area (Å²) in [6.45, 7) is 2.19. The molecule has 1 unspecified atom stereocenters. The summed E-state index contributed by atoms with van der Waals surface area (Å²) in [5.74, 6) is -1.23. The second-order valence-corrected chi connectivity index (χ2v) is 7.92. The van der Waals surface area contributed by atoms with Crippen LogP contribution in [0.15, 0.2) is 30.3 Å². The lowest BCUT2D eigenvalue weighted by Crippen LogP contribution is -2.16. The zero-order chi connectivity index (χ0) is 19.2. The standard InChI is InChI=1S/C24H29F3/c1-2-3-4-5-6-17-7-10-19(22(25)14-17)11-8-18-9-12-20-15-23(26)24(27)16-21(20)13-18/h7,10,14-16,18H,2-6,8-9,11-13H2,1H3. The van der Waals surface area contributed by atoms with Gasteiger partial charge in [0.05, 0.1) is 0 Å². The average Bonchev–Trinajstić information content (AvgIpc) is 2.65. The van der Waals surface area contributed by atoms with Crippen LogP contribution in [0.2, 0.25) is 0 Å². The minimum absolute atomic E-state index is 0.104. The van der Waals surface area contributed by atoms with Crippen LogP contribution in [-0.4, -0.2) is 0 Å². The highest BCUT2D eigenvalue weighted by Crippen LogP contribution is 2.30. The molecule has 3 heteroatoms. The molecule has 0 saturated heterocycles. The molecule has 0 nitrogen and oxygen atoms in total. The second kappa shape index (κ2) is 9.43. The number of halogens is 3. The molecule has 2 aromatic carbocycles. The largest absolute Gasteiger partial charge is 0.207 e. The van der Waals surface area contributed by atoms with Crippen LogP contribution >= 0.6 is 0 Å². The van der Waals surface area contributed by atoms with Gasteiger partial charge in [-0.25, -0.2) is 13.2 Å². The first-order valence-electron chi connectivity index (χ1n) is 10.3. The smallest absolute Gasteiger partial charge is 0.159 e. The third kappa shape index (κ3) is 5.37. The Morgan fingerprint density at radius 2 is 1.63 bits per heavy atom. The molecule has 1 aliphatic carbocycles. The molecule has 0 N–H and O–H groups in total. The van der Waals surface area contributed by atoms with Gasteiger partial charge in [0.2, 0.25) is 0 Å². The van der Waals surface area contributed by atoms with Gasteiger partial charge in [0, 0.05) is 0 Å². The Morgan fingerprint density at radius 1 is 0.852 bits per heavy atom. The molecule has 146 valence electrons. The molecule has 0 spiro atoms. The molecule has 0 bridgehead atoms. The van der Waals surface area contributed by atoms with Crippen molar-refractivity contribution >= 4 is 0 Å². The first kappa shape index (κ1) is 20.0. The van der Waals surface area contributed by atoms with Crippen molar-refractivity contribution in [2.24, 2.45) is 5.92 Å². The van der Waals surface area contributed by atoms with E-state index in [1.165, 1.54) is 31.4 Å². The fraction of sp³-hybridized carbons (Fsp3) is 0.500. The van der Waals surface area contributed by atoms with Crippen LogP contribution < -0.4 is 0 Å². The van der Waals surface area contributed by atoms with Crippen LogP contribution in [-0.2, 0) is 25.7 Å². The summed E-state index contributed by atoms with van der Waals surface area (Å²) in [5, 5.41) is 0. The Bertz CT molecular complexity index is 766. The maximum Gasteiger partial charge on any atom is 0.159 e. The summed E-state index contributed by atoms with van der Waals surface area (Å²) in [4.78, 5) is 0. The van der Waals surface area contributed by atoms with Gasteiger partial charge < -0.3 is 0 Å². The normalized spacial score (nSPS) is 16.4. The molecular formula is C24H29F3. The van der Waals surface area contributed by atoms with Gasteiger partial charge in [-0.1, -0.05) is 38.3 Å². The molecule has 0 saturated carbocycles. The monoisotopic (exact) mass is 374 g/mol. The number of rotatable bonds is 8. The van der Waals surface area contributed by atoms with Crippen molar-refractivity contribution < 1.29 is 13.2 Å². The summed E-state index contributed by atoms with van der Waals surface area (Å²) in [6, 6.07) is 8.34. The quantitative estimate of drug-likeness (QED) is 0.438. The molecule has 1 atom stereocenters. The van der Waals surface area contributed by atoms with Gasteiger partial charge in [0.1, 0.15) is 5.82 Å². The van der Waals surface area contributed by atoms with E-state index in [9.17, 15) is 13.2 Å². The Hall–Kier alpha value is -1.77. The minimum atomic E-state index is -0.769. The summed E-state index contributed by atoms with van der Waals surface area (Å²) < 4.78 is 41.3. The van der Waals surface area contributed by atoms with E-state index >= 15 is 0 Å². The van der Waals surface area contributed by atoms with Crippen LogP contribution in [0.3, 0.4) is 0 Å². The highest BCUT2D eigenvalue weighted by Gasteiger charge is 2.21. The predicted octanol–water partition coefficient (Wildman–Crippen LogP) is 6.96. The lowest BCUT2D eigenvalue weighted by molar-refractivity contribution is 0.417. The number of hydrogen-bond donors (Lipinski definition) is 0. The number of hydrogen-bond acceptors (Lipinski definition) is 0. The van der Waals surface area contributed by atoms with Crippen molar-refractivity contribution in [1.82, 2.24) is 0 Å². The van der Waals surface area contributed by atoms with Gasteiger partial charge in [-0.2, -0.15) is 0 Å². The van der Waals surface area contributed by atoms with Crippen molar-refractivity contribution in [3.63, 3.8) is 0 Å². The van der Waals surface area contributed by atoms with Gasteiger partial charge in [0.25, 0.3) is 0 Å². The van der Waals surface area contributed by atoms with Crippen LogP contribution in [0.5, 0.6) is 0 Å². The number of benzene rings is 2. The average molecular weight is 374 g/mol. The summed E-state index contributed by atoms with van der Waals surface area (Å²) in [5.41, 5.74) is 3.68. The Kier molecular flexibility index (Phi) is 6.98. The first-order valence-corrected chi connectivity index (χ1v) is 10.3. The van der Waals surface area contributed by atoms with Crippen molar-refractivity contribution in [1.29, 1.82) is 0 Å². The Labute approximate surface area is 160 Å². The zero-order valence-corrected chi connectivity index (χ0v) is 16.2. The predicted molar refractivity (Wildman–Crippen MR) is 104 cm³/mol. The van der Waals surface area contributed by atoms with Crippen molar-refractivity contribution in [2.75, 3.05) is 0 Å². The lowest BCUT2D eigenvalue weighted by atomic mass is 9.81. The topological polar surface area (TPSA) is 0 Å². The van der Waals surface area contributed by atoms with E-state index < -0.39 is 11.6 Å². The van der Waals surface area contributed by atoms with E-state index in [4.69, 9.17) is 0 Å². The number of fused-ring (bicyclic) bond motifs is 1. The van der Waals surface area contributed by atoms with Crippen LogP contribution in [0.4, 0.5) is 13.2 Å². The van der Waals surface area contributed by atoms with E-state index in [0.29, 0.717) is 12.3 Å². The molecule has 0 amide bonds. The molecule has 27 heavy (non-hydrogen) atoms. The molecule has 0 fully saturated rings. The van der Waals surface area contributed by atoms with Gasteiger partial charge in [-0.3, -0.25) is 0 Å². The second-order valence-electron chi connectivity index (χ2n) is 7.92. The van der Waals surface area contributed by atoms with E-state index in [1.54, 1.807) is 6.07 Å². The summed E-state index contributed by atoms with van der Waals surface area (Å²) in [6.07, 6.45) is 9.77. The third-order valence-corrected chi connectivity index (χ3v) is 5.83. The van der Waals surface area contributed by atoms with Crippen molar-refractivity contribution in [3.8, 4) is 0 Å². The van der Waals surface area contributed by atoms with E-state index in [1.807, 2.05) is 6.07 Å². The van der Waals surface area contributed by atoms with Gasteiger partial charge in [0.15, 0.2) is 11.6 Å². The summed E-state index contributed by atoms with van der Waals surface area (Å²) >= 11 is 0. The molecule has 0 radical (unpaired) electrons. The molecule has 0 aliphatic heterocycles. The molecule has 0 heterocycles. The zero-order valence-electron chi connectivity index (χ0n) is 16.2. The number of aryl methyl sites for hydroxylation is 3. The first-order chi connectivity index (χ1) is 13.1. The number of unbranched alkanes of at least 4 members (excludes halogenated alkanes) is 3. The molecular weight excluding hydrogens is 345 g/mol. The van der Waals surface area contributed by atoms with Crippen LogP contribution in [0.1, 0.15) is 67.7 Å². The Balaban J connectivity index is 1.53. The summed E-state index contributed by atoms with van der Waals surface area (Å²) in [7, 11) is 0. The molecule has 2 aromatic rings. The van der Waals surface area contributed by atoms with Gasteiger partial charge in [-0.05, 0) is 91.3 Å².